The summed E-state index contributed by atoms with van der Waals surface area (Å²) >= 11 is 9.16. The van der Waals surface area contributed by atoms with Crippen LogP contribution in [0.3, 0.4) is 0 Å². The van der Waals surface area contributed by atoms with E-state index < -0.39 is 11.8 Å². The molecule has 7 nitrogen and oxygen atoms in total. The van der Waals surface area contributed by atoms with E-state index in [9.17, 15) is 14.7 Å². The lowest BCUT2D eigenvalue weighted by atomic mass is 10.2. The van der Waals surface area contributed by atoms with Gasteiger partial charge in [-0.05, 0) is 24.3 Å². The molecule has 0 saturated carbocycles. The number of benzene rings is 2. The molecule has 0 radical (unpaired) electrons. The second-order valence-corrected chi connectivity index (χ2v) is 6.00. The molecule has 0 aliphatic heterocycles. The lowest BCUT2D eigenvalue weighted by Gasteiger charge is -2.07. The first-order chi connectivity index (χ1) is 11.9. The summed E-state index contributed by atoms with van der Waals surface area (Å²) in [5.41, 5.74) is 2.66. The molecule has 2 aromatic rings. The number of nitrogens with one attached hydrogen (secondary N) is 2. The van der Waals surface area contributed by atoms with Gasteiger partial charge in [0.05, 0.1) is 24.0 Å². The van der Waals surface area contributed by atoms with E-state index in [-0.39, 0.29) is 17.1 Å². The highest BCUT2D eigenvalue weighted by molar-refractivity contribution is 9.10. The molecule has 130 valence electrons. The molecule has 0 heterocycles. The van der Waals surface area contributed by atoms with Crippen LogP contribution in [0.15, 0.2) is 46.0 Å². The number of methoxy groups -OCH3 is 1. The Morgan fingerprint density at radius 2 is 2.00 bits per heavy atom. The minimum Gasteiger partial charge on any atom is -0.504 e. The number of hydrogen-bond acceptors (Lipinski definition) is 5. The molecule has 0 aliphatic rings. The Morgan fingerprint density at radius 1 is 1.28 bits per heavy atom. The van der Waals surface area contributed by atoms with Gasteiger partial charge >= 0.3 is 11.8 Å². The Labute approximate surface area is 156 Å². The fourth-order valence-electron chi connectivity index (χ4n) is 1.80. The first-order valence-corrected chi connectivity index (χ1v) is 8.05. The van der Waals surface area contributed by atoms with Gasteiger partial charge in [-0.3, -0.25) is 9.59 Å². The first kappa shape index (κ1) is 18.8. The van der Waals surface area contributed by atoms with Gasteiger partial charge < -0.3 is 15.2 Å². The highest BCUT2D eigenvalue weighted by atomic mass is 79.9. The standard InChI is InChI=1S/C16H13BrClN3O4/c1-25-13-7-10(17)6-9(14(13)22)8-19-21-16(24)15(23)20-12-5-3-2-4-11(12)18/h2-8,22H,1H3,(H,20,23)(H,21,24). The Balaban J connectivity index is 2.02. The normalized spacial score (nSPS) is 10.5. The van der Waals surface area contributed by atoms with Crippen LogP contribution in [0.25, 0.3) is 0 Å². The van der Waals surface area contributed by atoms with Crippen molar-refractivity contribution in [1.29, 1.82) is 0 Å². The van der Waals surface area contributed by atoms with Crippen LogP contribution < -0.4 is 15.5 Å². The van der Waals surface area contributed by atoms with Gasteiger partial charge in [-0.1, -0.05) is 39.7 Å². The van der Waals surface area contributed by atoms with Crippen LogP contribution in [0, 0.1) is 0 Å². The molecule has 0 aliphatic carbocycles. The van der Waals surface area contributed by atoms with Crippen molar-refractivity contribution in [3.63, 3.8) is 0 Å². The number of phenols is 1. The molecule has 0 atom stereocenters. The summed E-state index contributed by atoms with van der Waals surface area (Å²) in [7, 11) is 1.41. The van der Waals surface area contributed by atoms with E-state index in [1.807, 2.05) is 0 Å². The number of hydrazone groups is 1. The molecule has 0 aromatic heterocycles. The summed E-state index contributed by atoms with van der Waals surface area (Å²) in [5.74, 6) is -1.83. The number of halogens is 2. The van der Waals surface area contributed by atoms with Crippen molar-refractivity contribution in [3.05, 3.63) is 51.5 Å². The molecule has 0 fully saturated rings. The van der Waals surface area contributed by atoms with Crippen molar-refractivity contribution in [2.24, 2.45) is 5.10 Å². The molecule has 2 amide bonds. The third-order valence-electron chi connectivity index (χ3n) is 2.99. The SMILES string of the molecule is COc1cc(Br)cc(C=NNC(=O)C(=O)Nc2ccccc2Cl)c1O. The average molecular weight is 427 g/mol. The molecule has 0 saturated heterocycles. The largest absolute Gasteiger partial charge is 0.504 e. The number of ether oxygens (including phenoxy) is 1. The number of para-hydroxylation sites is 1. The van der Waals surface area contributed by atoms with E-state index in [0.29, 0.717) is 15.2 Å². The number of rotatable bonds is 4. The van der Waals surface area contributed by atoms with Gasteiger partial charge in [-0.25, -0.2) is 5.43 Å². The highest BCUT2D eigenvalue weighted by Gasteiger charge is 2.14. The van der Waals surface area contributed by atoms with Gasteiger partial charge in [-0.2, -0.15) is 5.10 Å². The van der Waals surface area contributed by atoms with Crippen LogP contribution in [-0.4, -0.2) is 30.2 Å². The van der Waals surface area contributed by atoms with Crippen molar-refractivity contribution >= 4 is 51.2 Å². The summed E-state index contributed by atoms with van der Waals surface area (Å²) in [5, 5.41) is 16.3. The van der Waals surface area contributed by atoms with E-state index in [1.165, 1.54) is 13.3 Å². The fourth-order valence-corrected chi connectivity index (χ4v) is 2.44. The summed E-state index contributed by atoms with van der Waals surface area (Å²) in [6.45, 7) is 0. The van der Waals surface area contributed by atoms with Gasteiger partial charge in [-0.15, -0.1) is 0 Å². The molecule has 25 heavy (non-hydrogen) atoms. The predicted octanol–water partition coefficient (Wildman–Crippen LogP) is 2.91. The molecule has 2 aromatic carbocycles. The first-order valence-electron chi connectivity index (χ1n) is 6.87. The van der Waals surface area contributed by atoms with E-state index in [1.54, 1.807) is 36.4 Å². The van der Waals surface area contributed by atoms with Crippen LogP contribution in [0.4, 0.5) is 5.69 Å². The summed E-state index contributed by atoms with van der Waals surface area (Å²) < 4.78 is 5.65. The second-order valence-electron chi connectivity index (χ2n) is 4.68. The van der Waals surface area contributed by atoms with Gasteiger partial charge in [0.1, 0.15) is 0 Å². The minimum absolute atomic E-state index is 0.149. The quantitative estimate of drug-likeness (QED) is 0.397. The van der Waals surface area contributed by atoms with Crippen molar-refractivity contribution in [2.45, 2.75) is 0 Å². The Bertz CT molecular complexity index is 842. The molecule has 9 heteroatoms. The van der Waals surface area contributed by atoms with Gasteiger partial charge in [0.2, 0.25) is 0 Å². The van der Waals surface area contributed by atoms with E-state index in [4.69, 9.17) is 16.3 Å². The number of phenolic OH excluding ortho intramolecular Hbond substituents is 1. The van der Waals surface area contributed by atoms with E-state index in [2.05, 4.69) is 31.8 Å². The number of aromatic hydroxyl groups is 1. The van der Waals surface area contributed by atoms with Gasteiger partial charge in [0.15, 0.2) is 11.5 Å². The maximum absolute atomic E-state index is 11.8. The highest BCUT2D eigenvalue weighted by Crippen LogP contribution is 2.32. The fraction of sp³-hybridized carbons (Fsp3) is 0.0625. The lowest BCUT2D eigenvalue weighted by Crippen LogP contribution is -2.32. The Morgan fingerprint density at radius 3 is 2.68 bits per heavy atom. The van der Waals surface area contributed by atoms with Crippen LogP contribution in [0.2, 0.25) is 5.02 Å². The zero-order valence-electron chi connectivity index (χ0n) is 12.9. The number of hydrogen-bond donors (Lipinski definition) is 3. The van der Waals surface area contributed by atoms with Crippen LogP contribution in [0.5, 0.6) is 11.5 Å². The molecular formula is C16H13BrClN3O4. The van der Waals surface area contributed by atoms with Crippen molar-refractivity contribution in [1.82, 2.24) is 5.43 Å². The topological polar surface area (TPSA) is 100 Å². The van der Waals surface area contributed by atoms with E-state index in [0.717, 1.165) is 0 Å². The van der Waals surface area contributed by atoms with Gasteiger partial charge in [0.25, 0.3) is 0 Å². The summed E-state index contributed by atoms with van der Waals surface area (Å²) in [4.78, 5) is 23.5. The third kappa shape index (κ3) is 4.94. The summed E-state index contributed by atoms with van der Waals surface area (Å²) in [6, 6.07) is 9.64. The molecule has 2 rings (SSSR count). The summed E-state index contributed by atoms with van der Waals surface area (Å²) in [6.07, 6.45) is 1.18. The van der Waals surface area contributed by atoms with E-state index >= 15 is 0 Å². The lowest BCUT2D eigenvalue weighted by molar-refractivity contribution is -0.136. The van der Waals surface area contributed by atoms with Gasteiger partial charge in [0, 0.05) is 10.0 Å². The van der Waals surface area contributed by atoms with Crippen molar-refractivity contribution in [3.8, 4) is 11.5 Å². The molecule has 3 N–H and O–H groups in total. The number of amides is 2. The van der Waals surface area contributed by atoms with Crippen LogP contribution in [-0.2, 0) is 9.59 Å². The maximum Gasteiger partial charge on any atom is 0.329 e. The number of nitrogens with zero attached hydrogens (tertiary/aromatic N) is 1. The number of carbonyl (C=O) groups excluding carboxylic acids is 2. The molecule has 0 spiro atoms. The second kappa shape index (κ2) is 8.50. The maximum atomic E-state index is 11.8. The van der Waals surface area contributed by atoms with Crippen LogP contribution >= 0.6 is 27.5 Å². The minimum atomic E-state index is -0.988. The predicted molar refractivity (Wildman–Crippen MR) is 98.2 cm³/mol. The molecule has 0 unspecified atom stereocenters. The Hall–Kier alpha value is -2.58. The third-order valence-corrected chi connectivity index (χ3v) is 3.77. The zero-order chi connectivity index (χ0) is 18.4. The number of anilines is 1. The van der Waals surface area contributed by atoms with Crippen molar-refractivity contribution < 1.29 is 19.4 Å². The number of carbonyl (C=O) groups is 2. The Kier molecular flexibility index (Phi) is 6.37. The average Bonchev–Trinajstić information content (AvgIpc) is 2.59. The van der Waals surface area contributed by atoms with Crippen molar-refractivity contribution in [2.75, 3.05) is 12.4 Å². The zero-order valence-corrected chi connectivity index (χ0v) is 15.3. The molecule has 0 bridgehead atoms. The smallest absolute Gasteiger partial charge is 0.329 e. The monoisotopic (exact) mass is 425 g/mol. The van der Waals surface area contributed by atoms with Crippen LogP contribution in [0.1, 0.15) is 5.56 Å². The molecular weight excluding hydrogens is 414 g/mol.